The van der Waals surface area contributed by atoms with Crippen molar-refractivity contribution in [2.75, 3.05) is 0 Å². The topological polar surface area (TPSA) is 167 Å². The standard InChI is InChI=1S/C20H17F3N6O6/c21-17(32)25-20(26-18(22)33,27-19(23)34)10-5-6-28(8-10)11-3-1-9-2-4-13-14(12(9)7-11)29(35)16(31)15(30)24-13/h5-8,35H,1-4H2,(H,24,30)(H,25,32)(H,26,33)(H,27,34). The Labute approximate surface area is 192 Å². The molecular weight excluding hydrogens is 477 g/mol. The van der Waals surface area contributed by atoms with E-state index < -0.39 is 35.4 Å². The number of fused-ring (bicyclic) bond motifs is 2. The predicted octanol–water partition coefficient (Wildman–Crippen LogP) is 1.76. The molecule has 2 aliphatic carbocycles. The van der Waals surface area contributed by atoms with Gasteiger partial charge >= 0.3 is 29.6 Å². The number of amides is 3. The number of aromatic nitrogens is 3. The lowest BCUT2D eigenvalue weighted by molar-refractivity contribution is 0.154. The lowest BCUT2D eigenvalue weighted by atomic mass is 9.85. The molecule has 0 unspecified atom stereocenters. The summed E-state index contributed by atoms with van der Waals surface area (Å²) in [6.45, 7) is 0. The summed E-state index contributed by atoms with van der Waals surface area (Å²) in [6, 6.07) is 1.15. The van der Waals surface area contributed by atoms with Gasteiger partial charge in [-0.3, -0.25) is 25.5 Å². The van der Waals surface area contributed by atoms with Gasteiger partial charge in [0, 0.05) is 34.9 Å². The van der Waals surface area contributed by atoms with Gasteiger partial charge in [-0.1, -0.05) is 5.57 Å². The highest BCUT2D eigenvalue weighted by molar-refractivity contribution is 5.84. The molecular formula is C20H17F3N6O6. The molecule has 3 amide bonds. The van der Waals surface area contributed by atoms with E-state index in [1.165, 1.54) is 32.9 Å². The van der Waals surface area contributed by atoms with Gasteiger partial charge in [-0.05, 0) is 37.8 Å². The van der Waals surface area contributed by atoms with E-state index in [0.717, 1.165) is 11.6 Å². The van der Waals surface area contributed by atoms with E-state index in [9.17, 15) is 42.4 Å². The van der Waals surface area contributed by atoms with Gasteiger partial charge in [0.25, 0.3) is 0 Å². The Balaban J connectivity index is 1.78. The van der Waals surface area contributed by atoms with E-state index >= 15 is 0 Å². The number of nitrogens with one attached hydrogen (secondary N) is 4. The van der Waals surface area contributed by atoms with Crippen molar-refractivity contribution in [1.82, 2.24) is 30.2 Å². The first-order valence-electron chi connectivity index (χ1n) is 10.1. The van der Waals surface area contributed by atoms with Gasteiger partial charge in [0.1, 0.15) is 5.69 Å². The Hall–Kier alpha value is -4.56. The summed E-state index contributed by atoms with van der Waals surface area (Å²) < 4.78 is 41.2. The average molecular weight is 494 g/mol. The number of nitrogens with zero attached hydrogens (tertiary/aromatic N) is 2. The molecule has 0 bridgehead atoms. The van der Waals surface area contributed by atoms with Crippen LogP contribution in [0.5, 0.6) is 0 Å². The van der Waals surface area contributed by atoms with E-state index in [0.29, 0.717) is 42.6 Å². The van der Waals surface area contributed by atoms with E-state index in [4.69, 9.17) is 0 Å². The SMILES string of the molecule is O=C(F)NC(NC(=O)F)(NC(=O)F)c1ccn(C2=CC3=C(CC2)CCc2[nH]c(=O)c(=O)n(O)c23)c1. The summed E-state index contributed by atoms with van der Waals surface area (Å²) in [4.78, 5) is 59.3. The molecule has 2 aromatic rings. The molecule has 0 radical (unpaired) electrons. The minimum Gasteiger partial charge on any atom is -0.425 e. The molecule has 2 aliphatic rings. The molecule has 2 aromatic heterocycles. The van der Waals surface area contributed by atoms with E-state index in [1.807, 2.05) is 0 Å². The highest BCUT2D eigenvalue weighted by atomic mass is 19.1. The normalized spacial score (nSPS) is 15.0. The zero-order chi connectivity index (χ0) is 25.5. The van der Waals surface area contributed by atoms with Crippen LogP contribution in [0.4, 0.5) is 27.6 Å². The summed E-state index contributed by atoms with van der Waals surface area (Å²) in [6.07, 6.45) is -0.897. The van der Waals surface area contributed by atoms with E-state index in [1.54, 1.807) is 6.08 Å². The smallest absolute Gasteiger partial charge is 0.400 e. The zero-order valence-corrected chi connectivity index (χ0v) is 17.7. The summed E-state index contributed by atoms with van der Waals surface area (Å²) in [5.41, 5.74) is -0.0316. The molecule has 0 saturated heterocycles. The lowest BCUT2D eigenvalue weighted by Gasteiger charge is -2.32. The quantitative estimate of drug-likeness (QED) is 0.140. The number of rotatable bonds is 5. The van der Waals surface area contributed by atoms with Crippen LogP contribution in [0.25, 0.3) is 11.3 Å². The number of halogens is 3. The fourth-order valence-corrected chi connectivity index (χ4v) is 4.31. The van der Waals surface area contributed by atoms with E-state index in [2.05, 4.69) is 4.98 Å². The fraction of sp³-hybridized carbons (Fsp3) is 0.250. The third-order valence-corrected chi connectivity index (χ3v) is 5.77. The maximum Gasteiger partial charge on any atom is 0.400 e. The molecule has 0 atom stereocenters. The average Bonchev–Trinajstić information content (AvgIpc) is 3.26. The van der Waals surface area contributed by atoms with Crippen LogP contribution in [-0.4, -0.2) is 38.0 Å². The number of carbonyl (C=O) groups is 3. The molecule has 15 heteroatoms. The van der Waals surface area contributed by atoms with Gasteiger partial charge in [-0.2, -0.15) is 0 Å². The number of carbonyl (C=O) groups excluding carboxylic acids is 3. The van der Waals surface area contributed by atoms with Crippen LogP contribution in [-0.2, 0) is 12.2 Å². The summed E-state index contributed by atoms with van der Waals surface area (Å²) in [5, 5.41) is 14.7. The summed E-state index contributed by atoms with van der Waals surface area (Å²) >= 11 is 0. The minimum atomic E-state index is -2.78. The van der Waals surface area contributed by atoms with E-state index in [-0.39, 0.29) is 16.0 Å². The number of aromatic amines is 1. The number of aryl methyl sites for hydroxylation is 1. The molecule has 12 nitrogen and oxygen atoms in total. The van der Waals surface area contributed by atoms with Crippen molar-refractivity contribution in [2.45, 2.75) is 31.5 Å². The second-order valence-electron chi connectivity index (χ2n) is 7.80. The zero-order valence-electron chi connectivity index (χ0n) is 17.7. The first kappa shape index (κ1) is 23.6. The third kappa shape index (κ3) is 4.34. The van der Waals surface area contributed by atoms with Crippen molar-refractivity contribution >= 4 is 29.8 Å². The van der Waals surface area contributed by atoms with Crippen molar-refractivity contribution in [3.05, 3.63) is 67.8 Å². The minimum absolute atomic E-state index is 0.119. The Morgan fingerprint density at radius 3 is 2.17 bits per heavy atom. The van der Waals surface area contributed by atoms with Crippen LogP contribution in [0, 0.1) is 0 Å². The first-order valence-corrected chi connectivity index (χ1v) is 10.1. The summed E-state index contributed by atoms with van der Waals surface area (Å²) in [7, 11) is 0. The molecule has 0 saturated carbocycles. The van der Waals surface area contributed by atoms with Crippen LogP contribution >= 0.6 is 0 Å². The Kier molecular flexibility index (Phi) is 5.84. The van der Waals surface area contributed by atoms with Crippen LogP contribution in [0.2, 0.25) is 0 Å². The van der Waals surface area contributed by atoms with Gasteiger partial charge < -0.3 is 14.8 Å². The number of hydrogen-bond donors (Lipinski definition) is 5. The van der Waals surface area contributed by atoms with Gasteiger partial charge in [0.05, 0.1) is 0 Å². The van der Waals surface area contributed by atoms with Crippen molar-refractivity contribution in [3.8, 4) is 0 Å². The predicted molar refractivity (Wildman–Crippen MR) is 112 cm³/mol. The first-order chi connectivity index (χ1) is 16.5. The van der Waals surface area contributed by atoms with Crippen LogP contribution in [0.1, 0.15) is 36.2 Å². The number of H-pyrrole nitrogens is 1. The molecule has 0 fully saturated rings. The van der Waals surface area contributed by atoms with Gasteiger partial charge in [-0.15, -0.1) is 17.9 Å². The van der Waals surface area contributed by atoms with Crippen LogP contribution in [0.15, 0.2) is 39.7 Å². The van der Waals surface area contributed by atoms with Gasteiger partial charge in [-0.25, -0.2) is 14.4 Å². The van der Waals surface area contributed by atoms with Gasteiger partial charge in [0.2, 0.25) is 5.79 Å². The van der Waals surface area contributed by atoms with Crippen LogP contribution < -0.4 is 27.1 Å². The monoisotopic (exact) mass is 494 g/mol. The Bertz CT molecular complexity index is 1390. The molecule has 0 aliphatic heterocycles. The highest BCUT2D eigenvalue weighted by Crippen LogP contribution is 2.39. The Morgan fingerprint density at radius 1 is 0.971 bits per heavy atom. The number of allylic oxidation sites excluding steroid dienone is 4. The van der Waals surface area contributed by atoms with Crippen molar-refractivity contribution in [1.29, 1.82) is 0 Å². The van der Waals surface area contributed by atoms with Crippen LogP contribution in [0.3, 0.4) is 0 Å². The maximum absolute atomic E-state index is 13.2. The second-order valence-corrected chi connectivity index (χ2v) is 7.80. The maximum atomic E-state index is 13.2. The lowest BCUT2D eigenvalue weighted by Crippen LogP contribution is -2.65. The third-order valence-electron chi connectivity index (χ3n) is 5.77. The molecule has 0 spiro atoms. The fourth-order valence-electron chi connectivity index (χ4n) is 4.31. The number of hydrogen-bond acceptors (Lipinski definition) is 6. The molecule has 5 N–H and O–H groups in total. The summed E-state index contributed by atoms with van der Waals surface area (Å²) in [5.74, 6) is -2.78. The van der Waals surface area contributed by atoms with Crippen molar-refractivity contribution in [2.24, 2.45) is 0 Å². The molecule has 0 aromatic carbocycles. The molecule has 4 rings (SSSR count). The molecule has 2 heterocycles. The Morgan fingerprint density at radius 2 is 1.57 bits per heavy atom. The van der Waals surface area contributed by atoms with Gasteiger partial charge in [0.15, 0.2) is 0 Å². The largest absolute Gasteiger partial charge is 0.425 e. The molecule has 184 valence electrons. The van der Waals surface area contributed by atoms with Crippen molar-refractivity contribution < 1.29 is 32.8 Å². The van der Waals surface area contributed by atoms with Crippen molar-refractivity contribution in [3.63, 3.8) is 0 Å². The second kappa shape index (κ2) is 8.66. The molecule has 35 heavy (non-hydrogen) atoms. The highest BCUT2D eigenvalue weighted by Gasteiger charge is 2.39.